The Morgan fingerprint density at radius 1 is 0.400 bits per heavy atom. The van der Waals surface area contributed by atoms with E-state index >= 15 is 0 Å². The molecule has 3 heteroatoms. The van der Waals surface area contributed by atoms with Crippen molar-refractivity contribution >= 4 is 17.0 Å². The molecular formula is C52H39N3. The van der Waals surface area contributed by atoms with Crippen LogP contribution in [0.25, 0.3) is 67.4 Å². The molecule has 0 radical (unpaired) electrons. The molecule has 7 aromatic carbocycles. The van der Waals surface area contributed by atoms with Gasteiger partial charge in [-0.25, -0.2) is 9.97 Å². The van der Waals surface area contributed by atoms with Gasteiger partial charge in [-0.1, -0.05) is 201 Å². The van der Waals surface area contributed by atoms with E-state index in [1.165, 1.54) is 5.56 Å². The molecule has 3 nitrogen and oxygen atoms in total. The summed E-state index contributed by atoms with van der Waals surface area (Å²) in [4.78, 5) is 16.2. The Labute approximate surface area is 323 Å². The number of rotatable bonds is 10. The zero-order chi connectivity index (χ0) is 37.4. The van der Waals surface area contributed by atoms with Crippen LogP contribution >= 0.6 is 0 Å². The maximum Gasteiger partial charge on any atom is 0.0973 e. The Morgan fingerprint density at radius 3 is 1.29 bits per heavy atom. The summed E-state index contributed by atoms with van der Waals surface area (Å²) in [6, 6.07) is 68.7. The van der Waals surface area contributed by atoms with Crippen molar-refractivity contribution in [3.05, 3.63) is 230 Å². The maximum atomic E-state index is 5.52. The fourth-order valence-electron chi connectivity index (χ4n) is 6.71. The highest BCUT2D eigenvalue weighted by molar-refractivity contribution is 6.03. The zero-order valence-electron chi connectivity index (χ0n) is 30.7. The molecule has 0 spiro atoms. The second kappa shape index (κ2) is 16.2. The van der Waals surface area contributed by atoms with Gasteiger partial charge in [-0.05, 0) is 46.9 Å². The fourth-order valence-corrected chi connectivity index (χ4v) is 6.71. The molecule has 0 aliphatic heterocycles. The Morgan fingerprint density at radius 2 is 0.764 bits per heavy atom. The molecule has 0 saturated carbocycles. The van der Waals surface area contributed by atoms with Gasteiger partial charge in [0.2, 0.25) is 0 Å². The minimum atomic E-state index is 0.805. The first-order valence-electron chi connectivity index (χ1n) is 18.5. The molecule has 1 aromatic heterocycles. The summed E-state index contributed by atoms with van der Waals surface area (Å²) in [5, 5.41) is 0. The predicted octanol–water partition coefficient (Wildman–Crippen LogP) is 13.4. The van der Waals surface area contributed by atoms with Crippen molar-refractivity contribution in [2.75, 3.05) is 0 Å². The van der Waals surface area contributed by atoms with Crippen molar-refractivity contribution in [3.63, 3.8) is 0 Å². The third-order valence-corrected chi connectivity index (χ3v) is 9.62. The first kappa shape index (κ1) is 34.8. The molecule has 0 amide bonds. The number of aromatic nitrogens is 2. The van der Waals surface area contributed by atoms with Crippen LogP contribution in [-0.4, -0.2) is 15.7 Å². The Bertz CT molecular complexity index is 2610. The number of benzene rings is 7. The Hall–Kier alpha value is -7.23. The SMILES string of the molecule is C=C(/C=C(\N=C(/C)c1cccc(-c2nc(-c3ccc(-c4ccccc4)cc3)c(-c3ccccc3)nc2-c2ccccc2)c1)c1ccccc1)c1ccccc1. The van der Waals surface area contributed by atoms with E-state index in [1.807, 2.05) is 78.9 Å². The van der Waals surface area contributed by atoms with Crippen LogP contribution in [0.1, 0.15) is 23.6 Å². The first-order valence-corrected chi connectivity index (χ1v) is 18.5. The van der Waals surface area contributed by atoms with Gasteiger partial charge in [0.05, 0.1) is 28.5 Å². The van der Waals surface area contributed by atoms with Crippen molar-refractivity contribution < 1.29 is 0 Å². The Kier molecular flexibility index (Phi) is 10.3. The first-order chi connectivity index (χ1) is 27.1. The normalized spacial score (nSPS) is 11.7. The van der Waals surface area contributed by atoms with Crippen LogP contribution in [0.4, 0.5) is 0 Å². The lowest BCUT2D eigenvalue weighted by Crippen LogP contribution is -2.02. The monoisotopic (exact) mass is 705 g/mol. The zero-order valence-corrected chi connectivity index (χ0v) is 30.7. The lowest BCUT2D eigenvalue weighted by Gasteiger charge is -2.17. The van der Waals surface area contributed by atoms with Gasteiger partial charge in [0.1, 0.15) is 0 Å². The largest absolute Gasteiger partial charge is 0.252 e. The number of hydrogen-bond donors (Lipinski definition) is 0. The van der Waals surface area contributed by atoms with E-state index in [4.69, 9.17) is 15.0 Å². The van der Waals surface area contributed by atoms with Crippen LogP contribution in [-0.2, 0) is 0 Å². The highest BCUT2D eigenvalue weighted by Gasteiger charge is 2.20. The van der Waals surface area contributed by atoms with Crippen molar-refractivity contribution in [2.45, 2.75) is 6.92 Å². The number of aliphatic imine (C=N–C) groups is 1. The second-order valence-electron chi connectivity index (χ2n) is 13.4. The van der Waals surface area contributed by atoms with Gasteiger partial charge in [-0.3, -0.25) is 4.99 Å². The van der Waals surface area contributed by atoms with Crippen LogP contribution in [0.15, 0.2) is 218 Å². The summed E-state index contributed by atoms with van der Waals surface area (Å²) in [6.45, 7) is 6.44. The maximum absolute atomic E-state index is 5.52. The molecule has 0 aliphatic carbocycles. The van der Waals surface area contributed by atoms with E-state index in [0.29, 0.717) is 0 Å². The van der Waals surface area contributed by atoms with Crippen LogP contribution in [0.3, 0.4) is 0 Å². The minimum Gasteiger partial charge on any atom is -0.252 e. The predicted molar refractivity (Wildman–Crippen MR) is 231 cm³/mol. The summed E-state index contributed by atoms with van der Waals surface area (Å²) in [7, 11) is 0. The molecule has 0 atom stereocenters. The molecule has 262 valence electrons. The molecule has 0 saturated heterocycles. The lowest BCUT2D eigenvalue weighted by atomic mass is 9.97. The second-order valence-corrected chi connectivity index (χ2v) is 13.4. The van der Waals surface area contributed by atoms with Gasteiger partial charge >= 0.3 is 0 Å². The van der Waals surface area contributed by atoms with Gasteiger partial charge in [-0.2, -0.15) is 0 Å². The number of allylic oxidation sites excluding steroid dienone is 2. The molecule has 8 aromatic rings. The molecule has 0 bridgehead atoms. The van der Waals surface area contributed by atoms with E-state index in [0.717, 1.165) is 84.3 Å². The molecule has 0 aliphatic rings. The highest BCUT2D eigenvalue weighted by atomic mass is 14.9. The smallest absolute Gasteiger partial charge is 0.0973 e. The van der Waals surface area contributed by atoms with E-state index in [1.54, 1.807) is 0 Å². The minimum absolute atomic E-state index is 0.805. The molecule has 0 unspecified atom stereocenters. The molecule has 55 heavy (non-hydrogen) atoms. The summed E-state index contributed by atoms with van der Waals surface area (Å²) < 4.78 is 0. The van der Waals surface area contributed by atoms with Crippen molar-refractivity contribution in [3.8, 4) is 56.2 Å². The van der Waals surface area contributed by atoms with E-state index < -0.39 is 0 Å². The molecule has 8 rings (SSSR count). The van der Waals surface area contributed by atoms with E-state index in [9.17, 15) is 0 Å². The average Bonchev–Trinajstić information content (AvgIpc) is 3.27. The van der Waals surface area contributed by atoms with E-state index in [-0.39, 0.29) is 0 Å². The van der Waals surface area contributed by atoms with Crippen LogP contribution < -0.4 is 0 Å². The topological polar surface area (TPSA) is 38.1 Å². The summed E-state index contributed by atoms with van der Waals surface area (Å²) in [5.41, 5.74) is 15.3. The molecule has 0 N–H and O–H groups in total. The summed E-state index contributed by atoms with van der Waals surface area (Å²) in [6.07, 6.45) is 2.06. The third-order valence-electron chi connectivity index (χ3n) is 9.62. The molecule has 0 fully saturated rings. The van der Waals surface area contributed by atoms with Crippen molar-refractivity contribution in [1.82, 2.24) is 9.97 Å². The quantitative estimate of drug-likeness (QED) is 0.105. The lowest BCUT2D eigenvalue weighted by molar-refractivity contribution is 1.21. The van der Waals surface area contributed by atoms with Crippen molar-refractivity contribution in [2.24, 2.45) is 4.99 Å². The van der Waals surface area contributed by atoms with Crippen LogP contribution in [0.5, 0.6) is 0 Å². The third kappa shape index (κ3) is 7.92. The molecular weight excluding hydrogens is 667 g/mol. The van der Waals surface area contributed by atoms with Gasteiger partial charge in [-0.15, -0.1) is 0 Å². The Balaban J connectivity index is 1.27. The van der Waals surface area contributed by atoms with Crippen molar-refractivity contribution in [1.29, 1.82) is 0 Å². The van der Waals surface area contributed by atoms with E-state index in [2.05, 4.69) is 141 Å². The standard InChI is InChI=1S/C52H39N3/c1-37(39-19-8-3-9-20-39)35-48(42-23-12-5-13-24-42)53-38(2)46-29-18-30-47(36-46)52-50(44-27-16-7-17-28-44)54-49(43-25-14-6-15-26-43)51(55-52)45-33-31-41(32-34-45)40-21-10-4-11-22-40/h3-36H,1H2,2H3/b48-35-,53-38+. The van der Waals surface area contributed by atoms with Gasteiger partial charge in [0.25, 0.3) is 0 Å². The van der Waals surface area contributed by atoms with Gasteiger partial charge < -0.3 is 0 Å². The van der Waals surface area contributed by atoms with Crippen LogP contribution in [0, 0.1) is 0 Å². The van der Waals surface area contributed by atoms with Gasteiger partial charge in [0.15, 0.2) is 0 Å². The number of nitrogens with zero attached hydrogens (tertiary/aromatic N) is 3. The fraction of sp³-hybridized carbons (Fsp3) is 0.0192. The average molecular weight is 706 g/mol. The van der Waals surface area contributed by atoms with Crippen LogP contribution in [0.2, 0.25) is 0 Å². The summed E-state index contributed by atoms with van der Waals surface area (Å²) in [5.74, 6) is 0. The number of hydrogen-bond acceptors (Lipinski definition) is 3. The van der Waals surface area contributed by atoms with Gasteiger partial charge in [0, 0.05) is 33.5 Å². The summed E-state index contributed by atoms with van der Waals surface area (Å²) >= 11 is 0. The highest BCUT2D eigenvalue weighted by Crippen LogP contribution is 2.38. The molecule has 1 heterocycles.